The Labute approximate surface area is 107 Å². The van der Waals surface area contributed by atoms with E-state index in [0.717, 1.165) is 24.8 Å². The van der Waals surface area contributed by atoms with Gasteiger partial charge in [0.25, 0.3) is 0 Å². The lowest BCUT2D eigenvalue weighted by atomic mass is 9.81. The summed E-state index contributed by atoms with van der Waals surface area (Å²) in [6, 6.07) is 4.82. The second-order valence-corrected chi connectivity index (χ2v) is 5.29. The lowest BCUT2D eigenvalue weighted by Crippen LogP contribution is -2.50. The largest absolute Gasteiger partial charge is 0.487 e. The van der Waals surface area contributed by atoms with E-state index in [1.54, 1.807) is 12.1 Å². The molecule has 2 atom stereocenters. The highest BCUT2D eigenvalue weighted by Gasteiger charge is 2.33. The second-order valence-electron chi connectivity index (χ2n) is 5.29. The molecule has 1 fully saturated rings. The van der Waals surface area contributed by atoms with Crippen LogP contribution >= 0.6 is 0 Å². The molecule has 0 radical (unpaired) electrons. The van der Waals surface area contributed by atoms with Crippen molar-refractivity contribution in [2.24, 2.45) is 5.73 Å². The molecule has 0 spiro atoms. The molecule has 3 nitrogen and oxygen atoms in total. The average molecular weight is 253 g/mol. The van der Waals surface area contributed by atoms with Crippen molar-refractivity contribution in [3.8, 4) is 5.75 Å². The first-order valence-corrected chi connectivity index (χ1v) is 6.35. The molecule has 18 heavy (non-hydrogen) atoms. The van der Waals surface area contributed by atoms with Gasteiger partial charge in [0.1, 0.15) is 6.10 Å². The third-order valence-electron chi connectivity index (χ3n) is 3.53. The molecule has 0 saturated heterocycles. The van der Waals surface area contributed by atoms with Gasteiger partial charge in [0, 0.05) is 12.0 Å². The Morgan fingerprint density at radius 3 is 3.06 bits per heavy atom. The molecule has 0 aromatic heterocycles. The van der Waals surface area contributed by atoms with Crippen LogP contribution in [0.1, 0.15) is 31.2 Å². The Bertz CT molecular complexity index is 424. The monoisotopic (exact) mass is 253 g/mol. The summed E-state index contributed by atoms with van der Waals surface area (Å²) < 4.78 is 19.3. The number of ether oxygens (including phenoxy) is 1. The number of aliphatic hydroxyl groups is 1. The molecule has 1 aromatic carbocycles. The normalized spacial score (nSPS) is 28.1. The van der Waals surface area contributed by atoms with E-state index in [9.17, 15) is 9.50 Å². The van der Waals surface area contributed by atoms with Gasteiger partial charge >= 0.3 is 0 Å². The molecule has 100 valence electrons. The maximum absolute atomic E-state index is 13.6. The second kappa shape index (κ2) is 5.24. The van der Waals surface area contributed by atoms with Crippen molar-refractivity contribution in [1.82, 2.24) is 0 Å². The van der Waals surface area contributed by atoms with Gasteiger partial charge in [-0.25, -0.2) is 4.39 Å². The van der Waals surface area contributed by atoms with E-state index in [-0.39, 0.29) is 24.3 Å². The molecule has 0 bridgehead atoms. The number of aryl methyl sites for hydroxylation is 1. The van der Waals surface area contributed by atoms with Crippen molar-refractivity contribution >= 4 is 0 Å². The van der Waals surface area contributed by atoms with Crippen LogP contribution in [0.3, 0.4) is 0 Å². The zero-order valence-electron chi connectivity index (χ0n) is 10.7. The zero-order valence-corrected chi connectivity index (χ0v) is 10.7. The summed E-state index contributed by atoms with van der Waals surface area (Å²) in [5.74, 6) is -0.0695. The predicted molar refractivity (Wildman–Crippen MR) is 68.0 cm³/mol. The maximum atomic E-state index is 13.6. The SMILES string of the molecule is Cc1ccc(F)c(OC2CCCC(N)(CO)C2)c1. The topological polar surface area (TPSA) is 55.5 Å². The quantitative estimate of drug-likeness (QED) is 0.867. The molecule has 1 aromatic rings. The molecule has 2 rings (SSSR count). The van der Waals surface area contributed by atoms with Crippen LogP contribution in [-0.4, -0.2) is 23.4 Å². The minimum absolute atomic E-state index is 0.0524. The Morgan fingerprint density at radius 2 is 2.33 bits per heavy atom. The Morgan fingerprint density at radius 1 is 1.56 bits per heavy atom. The summed E-state index contributed by atoms with van der Waals surface area (Å²) in [6.45, 7) is 1.84. The number of hydrogen-bond acceptors (Lipinski definition) is 3. The van der Waals surface area contributed by atoms with Gasteiger partial charge < -0.3 is 15.6 Å². The third-order valence-corrected chi connectivity index (χ3v) is 3.53. The summed E-state index contributed by atoms with van der Waals surface area (Å²) in [7, 11) is 0. The molecule has 3 N–H and O–H groups in total. The van der Waals surface area contributed by atoms with Gasteiger partial charge in [0.2, 0.25) is 0 Å². The molecule has 1 saturated carbocycles. The predicted octanol–water partition coefficient (Wildman–Crippen LogP) is 2.15. The Balaban J connectivity index is 2.07. The van der Waals surface area contributed by atoms with E-state index in [1.165, 1.54) is 6.07 Å². The van der Waals surface area contributed by atoms with Crippen molar-refractivity contribution in [2.45, 2.75) is 44.2 Å². The van der Waals surface area contributed by atoms with Crippen molar-refractivity contribution in [3.63, 3.8) is 0 Å². The third kappa shape index (κ3) is 3.00. The van der Waals surface area contributed by atoms with Gasteiger partial charge in [-0.2, -0.15) is 0 Å². The van der Waals surface area contributed by atoms with Crippen molar-refractivity contribution in [2.75, 3.05) is 6.61 Å². The van der Waals surface area contributed by atoms with E-state index in [4.69, 9.17) is 10.5 Å². The fourth-order valence-corrected chi connectivity index (χ4v) is 2.46. The number of aliphatic hydroxyl groups excluding tert-OH is 1. The highest BCUT2D eigenvalue weighted by atomic mass is 19.1. The van der Waals surface area contributed by atoms with E-state index in [2.05, 4.69) is 0 Å². The zero-order chi connectivity index (χ0) is 13.2. The first-order valence-electron chi connectivity index (χ1n) is 6.35. The van der Waals surface area contributed by atoms with Gasteiger partial charge in [-0.05, 0) is 43.9 Å². The number of rotatable bonds is 3. The van der Waals surface area contributed by atoms with Crippen LogP contribution < -0.4 is 10.5 Å². The molecule has 1 aliphatic carbocycles. The van der Waals surface area contributed by atoms with Gasteiger partial charge in [0.05, 0.1) is 6.61 Å². The van der Waals surface area contributed by atoms with E-state index in [0.29, 0.717) is 6.42 Å². The standard InChI is InChI=1S/C14H20FNO2/c1-10-4-5-12(15)13(7-10)18-11-3-2-6-14(16,8-11)9-17/h4-5,7,11,17H,2-3,6,8-9,16H2,1H3. The fourth-order valence-electron chi connectivity index (χ4n) is 2.46. The van der Waals surface area contributed by atoms with Crippen LogP contribution in [0.4, 0.5) is 4.39 Å². The first-order chi connectivity index (χ1) is 8.52. The average Bonchev–Trinajstić information content (AvgIpc) is 2.34. The maximum Gasteiger partial charge on any atom is 0.165 e. The Hall–Kier alpha value is -1.13. The number of halogens is 1. The first kappa shape index (κ1) is 13.3. The molecular formula is C14H20FNO2. The molecule has 2 unspecified atom stereocenters. The van der Waals surface area contributed by atoms with Crippen LogP contribution in [0.2, 0.25) is 0 Å². The highest BCUT2D eigenvalue weighted by molar-refractivity contribution is 5.29. The van der Waals surface area contributed by atoms with Crippen LogP contribution in [0.25, 0.3) is 0 Å². The van der Waals surface area contributed by atoms with Crippen molar-refractivity contribution < 1.29 is 14.2 Å². The fraction of sp³-hybridized carbons (Fsp3) is 0.571. The van der Waals surface area contributed by atoms with Gasteiger partial charge in [-0.1, -0.05) is 6.07 Å². The molecule has 4 heteroatoms. The molecule has 0 amide bonds. The minimum atomic E-state index is -0.580. The number of benzene rings is 1. The van der Waals surface area contributed by atoms with E-state index in [1.807, 2.05) is 6.92 Å². The minimum Gasteiger partial charge on any atom is -0.487 e. The molecular weight excluding hydrogens is 233 g/mol. The Kier molecular flexibility index (Phi) is 3.88. The summed E-state index contributed by atoms with van der Waals surface area (Å²) in [5.41, 5.74) is 6.43. The summed E-state index contributed by atoms with van der Waals surface area (Å²) in [6.07, 6.45) is 2.99. The van der Waals surface area contributed by atoms with Gasteiger partial charge in [-0.15, -0.1) is 0 Å². The summed E-state index contributed by atoms with van der Waals surface area (Å²) in [4.78, 5) is 0. The summed E-state index contributed by atoms with van der Waals surface area (Å²) >= 11 is 0. The summed E-state index contributed by atoms with van der Waals surface area (Å²) in [5, 5.41) is 9.28. The van der Waals surface area contributed by atoms with Crippen molar-refractivity contribution in [1.29, 1.82) is 0 Å². The van der Waals surface area contributed by atoms with E-state index < -0.39 is 5.54 Å². The number of hydrogen-bond donors (Lipinski definition) is 2. The molecule has 0 aliphatic heterocycles. The van der Waals surface area contributed by atoms with Gasteiger partial charge in [-0.3, -0.25) is 0 Å². The van der Waals surface area contributed by atoms with Crippen LogP contribution in [0.15, 0.2) is 18.2 Å². The smallest absolute Gasteiger partial charge is 0.165 e. The van der Waals surface area contributed by atoms with E-state index >= 15 is 0 Å². The van der Waals surface area contributed by atoms with Crippen LogP contribution in [0.5, 0.6) is 5.75 Å². The highest BCUT2D eigenvalue weighted by Crippen LogP contribution is 2.30. The van der Waals surface area contributed by atoms with Gasteiger partial charge in [0.15, 0.2) is 11.6 Å². The van der Waals surface area contributed by atoms with Crippen LogP contribution in [0, 0.1) is 12.7 Å². The lowest BCUT2D eigenvalue weighted by molar-refractivity contribution is 0.0704. The lowest BCUT2D eigenvalue weighted by Gasteiger charge is -2.36. The molecule has 1 aliphatic rings. The molecule has 0 heterocycles. The van der Waals surface area contributed by atoms with Crippen molar-refractivity contribution in [3.05, 3.63) is 29.6 Å². The number of nitrogens with two attached hydrogens (primary N) is 1. The van der Waals surface area contributed by atoms with Crippen LogP contribution in [-0.2, 0) is 0 Å².